The first-order valence-corrected chi connectivity index (χ1v) is 6.75. The zero-order valence-corrected chi connectivity index (χ0v) is 14.0. The quantitative estimate of drug-likeness (QED) is 0.364. The summed E-state index contributed by atoms with van der Waals surface area (Å²) >= 11 is 0. The molecule has 1 unspecified atom stereocenters. The summed E-state index contributed by atoms with van der Waals surface area (Å²) in [6.45, 7) is -1.69. The molecule has 1 N–H and O–H groups in total. The molecule has 0 aliphatic rings. The van der Waals surface area contributed by atoms with Crippen molar-refractivity contribution >= 4 is 0 Å². The molecule has 0 saturated carbocycles. The van der Waals surface area contributed by atoms with Gasteiger partial charge in [-0.2, -0.15) is 83.4 Å². The Hall–Kier alpha value is -1.44. The monoisotopic (exact) mass is 532 g/mol. The fourth-order valence-corrected chi connectivity index (χ4v) is 1.65. The molecule has 0 spiro atoms. The molecule has 0 aromatic rings. The van der Waals surface area contributed by atoms with Crippen LogP contribution in [0.25, 0.3) is 0 Å². The smallest absolute Gasteiger partial charge is 0.331 e. The summed E-state index contributed by atoms with van der Waals surface area (Å²) in [4.78, 5) is 0. The van der Waals surface area contributed by atoms with Crippen LogP contribution in [0.4, 0.5) is 87.8 Å². The maximum absolute atomic E-state index is 13.3. The highest BCUT2D eigenvalue weighted by atomic mass is 19.4. The minimum Gasteiger partial charge on any atom is -0.331 e. The SMILES string of the molecule is CC(F)(C(F)(F)F)C(F)(F)C(F)(F)C(F)(F)C(F)(F)C(F)(F)C(F)(F)C(F)(F)C(O)(F)F. The van der Waals surface area contributed by atoms with Crippen LogP contribution in [0.1, 0.15) is 6.92 Å². The highest BCUT2D eigenvalue weighted by Crippen LogP contribution is 2.65. The lowest BCUT2D eigenvalue weighted by atomic mass is 9.84. The lowest BCUT2D eigenvalue weighted by molar-refractivity contribution is -0.475. The van der Waals surface area contributed by atoms with Gasteiger partial charge < -0.3 is 5.11 Å². The van der Waals surface area contributed by atoms with Gasteiger partial charge in [0.2, 0.25) is 0 Å². The first-order chi connectivity index (χ1) is 13.2. The van der Waals surface area contributed by atoms with Gasteiger partial charge in [-0.15, -0.1) is 0 Å². The van der Waals surface area contributed by atoms with Crippen molar-refractivity contribution < 1.29 is 92.9 Å². The molecule has 0 saturated heterocycles. The van der Waals surface area contributed by atoms with Crippen LogP contribution in [-0.2, 0) is 0 Å². The van der Waals surface area contributed by atoms with E-state index in [1.165, 1.54) is 0 Å². The van der Waals surface area contributed by atoms with Gasteiger partial charge in [-0.05, 0) is 6.92 Å². The molecule has 0 amide bonds. The first-order valence-electron chi connectivity index (χ1n) is 6.75. The topological polar surface area (TPSA) is 20.2 Å². The number of aliphatic hydroxyl groups is 1. The van der Waals surface area contributed by atoms with E-state index in [0.29, 0.717) is 0 Å². The van der Waals surface area contributed by atoms with Crippen molar-refractivity contribution in [2.75, 3.05) is 0 Å². The van der Waals surface area contributed by atoms with E-state index in [4.69, 9.17) is 5.11 Å². The Kier molecular flexibility index (Phi) is 6.71. The molecule has 21 heteroatoms. The largest absolute Gasteiger partial charge is 0.428 e. The standard InChI is InChI=1S/C11H4F20O/c1-2(12,10(27,28)29)3(13,14)4(15,16)5(17,18)6(19,20)7(21,22)8(23,24)9(25,26)11(30,31)32/h32H,1H3. The van der Waals surface area contributed by atoms with E-state index in [1.54, 1.807) is 0 Å². The van der Waals surface area contributed by atoms with Gasteiger partial charge in [0.25, 0.3) is 5.67 Å². The highest BCUT2D eigenvalue weighted by molar-refractivity contribution is 5.18. The molecule has 0 rings (SSSR count). The Labute approximate surface area is 160 Å². The summed E-state index contributed by atoms with van der Waals surface area (Å²) in [5.74, 6) is -60.7. The van der Waals surface area contributed by atoms with Gasteiger partial charge in [-0.1, -0.05) is 0 Å². The summed E-state index contributed by atoms with van der Waals surface area (Å²) in [5, 5.41) is 7.43. The van der Waals surface area contributed by atoms with Crippen LogP contribution in [0, 0.1) is 0 Å². The number of rotatable bonds is 8. The number of hydrogen-bond donors (Lipinski definition) is 1. The van der Waals surface area contributed by atoms with Gasteiger partial charge in [-0.3, -0.25) is 0 Å². The lowest BCUT2D eigenvalue weighted by Gasteiger charge is -2.44. The van der Waals surface area contributed by atoms with Gasteiger partial charge in [-0.25, -0.2) is 4.39 Å². The Morgan fingerprint density at radius 2 is 0.531 bits per heavy atom. The lowest BCUT2D eigenvalue weighted by Crippen LogP contribution is -2.77. The van der Waals surface area contributed by atoms with Gasteiger partial charge in [0, 0.05) is 0 Å². The average molecular weight is 532 g/mol. The maximum atomic E-state index is 13.3. The van der Waals surface area contributed by atoms with Crippen molar-refractivity contribution in [2.45, 2.75) is 66.3 Å². The van der Waals surface area contributed by atoms with Crippen molar-refractivity contribution in [3.05, 3.63) is 0 Å². The van der Waals surface area contributed by atoms with Gasteiger partial charge >= 0.3 is 53.7 Å². The number of hydrogen-bond acceptors (Lipinski definition) is 1. The van der Waals surface area contributed by atoms with Crippen LogP contribution in [0.5, 0.6) is 0 Å². The molecule has 0 heterocycles. The predicted octanol–water partition coefficient (Wildman–Crippen LogP) is 6.31. The molecule has 194 valence electrons. The molecule has 32 heavy (non-hydrogen) atoms. The van der Waals surface area contributed by atoms with Crippen LogP contribution in [-0.4, -0.2) is 64.5 Å². The van der Waals surface area contributed by atoms with Gasteiger partial charge in [0.15, 0.2) is 0 Å². The molecule has 0 aliphatic heterocycles. The van der Waals surface area contributed by atoms with E-state index < -0.39 is 66.3 Å². The van der Waals surface area contributed by atoms with Crippen LogP contribution in [0.15, 0.2) is 0 Å². The summed E-state index contributed by atoms with van der Waals surface area (Å²) in [6.07, 6.45) is -14.8. The van der Waals surface area contributed by atoms with Crippen molar-refractivity contribution in [1.29, 1.82) is 0 Å². The zero-order chi connectivity index (χ0) is 27.0. The number of halogens is 20. The van der Waals surface area contributed by atoms with Crippen molar-refractivity contribution in [1.82, 2.24) is 0 Å². The van der Waals surface area contributed by atoms with Crippen molar-refractivity contribution in [3.63, 3.8) is 0 Å². The summed E-state index contributed by atoms with van der Waals surface area (Å²) in [6, 6.07) is 0. The van der Waals surface area contributed by atoms with Crippen LogP contribution in [0.2, 0.25) is 0 Å². The predicted molar refractivity (Wildman–Crippen MR) is 57.4 cm³/mol. The molecule has 0 aromatic heterocycles. The van der Waals surface area contributed by atoms with Gasteiger partial charge in [0.1, 0.15) is 0 Å². The second kappa shape index (κ2) is 7.03. The molecular formula is C11H4F20O. The van der Waals surface area contributed by atoms with E-state index in [0.717, 1.165) is 0 Å². The van der Waals surface area contributed by atoms with E-state index in [2.05, 4.69) is 0 Å². The Bertz CT molecular complexity index is 633. The highest BCUT2D eigenvalue weighted by Gasteiger charge is 2.97. The molecule has 0 aliphatic carbocycles. The second-order valence-corrected chi connectivity index (χ2v) is 6.06. The Balaban J connectivity index is 7.00. The minimum absolute atomic E-state index is 1.69. The summed E-state index contributed by atoms with van der Waals surface area (Å²) in [7, 11) is 0. The normalized spacial score (nSPS) is 18.6. The minimum atomic E-state index is -9.02. The Morgan fingerprint density at radius 3 is 0.719 bits per heavy atom. The molecule has 0 radical (unpaired) electrons. The zero-order valence-electron chi connectivity index (χ0n) is 14.0. The van der Waals surface area contributed by atoms with E-state index in [9.17, 15) is 87.8 Å². The maximum Gasteiger partial charge on any atom is 0.428 e. The first kappa shape index (κ1) is 30.6. The fourth-order valence-electron chi connectivity index (χ4n) is 1.65. The summed E-state index contributed by atoms with van der Waals surface area (Å²) in [5.41, 5.74) is -6.97. The third-order valence-corrected chi connectivity index (χ3v) is 3.87. The van der Waals surface area contributed by atoms with Crippen LogP contribution >= 0.6 is 0 Å². The molecule has 0 fully saturated rings. The molecule has 1 nitrogen and oxygen atoms in total. The van der Waals surface area contributed by atoms with Crippen molar-refractivity contribution in [2.24, 2.45) is 0 Å². The van der Waals surface area contributed by atoms with E-state index in [-0.39, 0.29) is 0 Å². The van der Waals surface area contributed by atoms with Gasteiger partial charge in [0.05, 0.1) is 0 Å². The Morgan fingerprint density at radius 1 is 0.344 bits per heavy atom. The average Bonchev–Trinajstić information content (AvgIpc) is 2.51. The van der Waals surface area contributed by atoms with Crippen molar-refractivity contribution in [3.8, 4) is 0 Å². The third kappa shape index (κ3) is 3.43. The molecule has 1 atom stereocenters. The third-order valence-electron chi connectivity index (χ3n) is 3.87. The molecule has 0 bridgehead atoms. The second-order valence-electron chi connectivity index (χ2n) is 6.06. The molecule has 0 aromatic carbocycles. The summed E-state index contributed by atoms with van der Waals surface area (Å²) < 4.78 is 257. The van der Waals surface area contributed by atoms with Crippen LogP contribution in [0.3, 0.4) is 0 Å². The van der Waals surface area contributed by atoms with Crippen LogP contribution < -0.4 is 0 Å². The molecular weight excluding hydrogens is 528 g/mol. The number of alkyl halides is 20. The fraction of sp³-hybridized carbons (Fsp3) is 1.00. The van der Waals surface area contributed by atoms with E-state index >= 15 is 0 Å². The van der Waals surface area contributed by atoms with E-state index in [1.807, 2.05) is 0 Å².